The molecule has 0 amide bonds. The molecule has 0 bridgehead atoms. The Balaban J connectivity index is 1.27. The fraction of sp³-hybridized carbons (Fsp3) is 0.158. The van der Waals surface area contributed by atoms with E-state index in [2.05, 4.69) is 120 Å². The van der Waals surface area contributed by atoms with Gasteiger partial charge in [0.1, 0.15) is 11.6 Å². The summed E-state index contributed by atoms with van der Waals surface area (Å²) in [5.74, 6) is 2.64. The maximum Gasteiger partial charge on any atom is 0.137 e. The van der Waals surface area contributed by atoms with Crippen LogP contribution in [0.5, 0.6) is 0 Å². The molecule has 0 aliphatic heterocycles. The van der Waals surface area contributed by atoms with Gasteiger partial charge in [-0.2, -0.15) is 0 Å². The molecule has 0 aliphatic carbocycles. The lowest BCUT2D eigenvalue weighted by atomic mass is 10.1. The van der Waals surface area contributed by atoms with Crippen LogP contribution in [0.4, 0.5) is 0 Å². The molecule has 2 aromatic carbocycles. The predicted octanol–water partition coefficient (Wildman–Crippen LogP) is 9.86. The van der Waals surface area contributed by atoms with Gasteiger partial charge in [-0.15, -0.1) is 0 Å². The number of pyridine rings is 4. The van der Waals surface area contributed by atoms with E-state index >= 15 is 0 Å². The van der Waals surface area contributed by atoms with Gasteiger partial charge in [-0.25, -0.2) is 9.97 Å². The van der Waals surface area contributed by atoms with Gasteiger partial charge in [0.25, 0.3) is 0 Å². The van der Waals surface area contributed by atoms with Crippen molar-refractivity contribution in [1.82, 2.24) is 29.1 Å². The third-order valence-electron chi connectivity index (χ3n) is 8.65. The number of fused-ring (bicyclic) bond motifs is 6. The predicted molar refractivity (Wildman–Crippen MR) is 185 cm³/mol. The van der Waals surface area contributed by atoms with E-state index in [0.29, 0.717) is 11.8 Å². The van der Waals surface area contributed by atoms with Crippen LogP contribution in [-0.2, 0) is 0 Å². The van der Waals surface area contributed by atoms with Crippen LogP contribution >= 0.6 is 11.8 Å². The molecule has 0 atom stereocenters. The second kappa shape index (κ2) is 10.9. The molecule has 220 valence electrons. The van der Waals surface area contributed by atoms with Crippen LogP contribution in [-0.4, -0.2) is 29.1 Å². The van der Waals surface area contributed by atoms with Crippen molar-refractivity contribution in [1.29, 1.82) is 0 Å². The van der Waals surface area contributed by atoms with Crippen LogP contribution in [0.2, 0.25) is 0 Å². The average molecular weight is 605 g/mol. The number of benzene rings is 2. The van der Waals surface area contributed by atoms with Crippen LogP contribution in [0.1, 0.15) is 50.7 Å². The molecule has 6 nitrogen and oxygen atoms in total. The summed E-state index contributed by atoms with van der Waals surface area (Å²) in [7, 11) is 0. The molecule has 6 aromatic heterocycles. The maximum atomic E-state index is 4.80. The Morgan fingerprint density at radius 1 is 0.489 bits per heavy atom. The lowest BCUT2D eigenvalue weighted by molar-refractivity contribution is 0.858. The molecule has 7 heteroatoms. The molecule has 8 rings (SSSR count). The van der Waals surface area contributed by atoms with E-state index in [4.69, 9.17) is 9.97 Å². The highest BCUT2D eigenvalue weighted by atomic mass is 32.2. The summed E-state index contributed by atoms with van der Waals surface area (Å²) in [4.78, 5) is 20.9. The summed E-state index contributed by atoms with van der Waals surface area (Å²) >= 11 is 1.76. The number of hydrogen-bond acceptors (Lipinski definition) is 5. The highest BCUT2D eigenvalue weighted by Crippen LogP contribution is 2.39. The average Bonchev–Trinajstić information content (AvgIpc) is 3.57. The quantitative estimate of drug-likeness (QED) is 0.189. The normalized spacial score (nSPS) is 12.0. The molecule has 6 heterocycles. The summed E-state index contributed by atoms with van der Waals surface area (Å²) in [6.45, 7) is 8.85. The van der Waals surface area contributed by atoms with Gasteiger partial charge in [0, 0.05) is 56.1 Å². The second-order valence-electron chi connectivity index (χ2n) is 12.1. The Morgan fingerprint density at radius 2 is 0.933 bits per heavy atom. The smallest absolute Gasteiger partial charge is 0.137 e. The maximum absolute atomic E-state index is 4.80. The SMILES string of the molecule is CC(C)c1ccnc(-n2c3cnccc3c3ccc(Sc4ccc5c6ccncc6n(-c6cc(C(C)C)ccn6)c5c4)cc32)c1. The van der Waals surface area contributed by atoms with Crippen LogP contribution in [0.25, 0.3) is 55.2 Å². The molecule has 8 aromatic rings. The van der Waals surface area contributed by atoms with Crippen LogP contribution in [0.15, 0.2) is 120 Å². The van der Waals surface area contributed by atoms with Crippen molar-refractivity contribution < 1.29 is 0 Å². The van der Waals surface area contributed by atoms with Gasteiger partial charge in [-0.1, -0.05) is 51.6 Å². The summed E-state index contributed by atoms with van der Waals surface area (Å²) in [6.07, 6.45) is 11.4. The van der Waals surface area contributed by atoms with E-state index in [9.17, 15) is 0 Å². The van der Waals surface area contributed by atoms with Crippen molar-refractivity contribution >= 4 is 55.4 Å². The summed E-state index contributed by atoms with van der Waals surface area (Å²) in [5, 5.41) is 4.72. The van der Waals surface area contributed by atoms with Crippen molar-refractivity contribution in [2.75, 3.05) is 0 Å². The zero-order chi connectivity index (χ0) is 30.7. The molecule has 0 saturated carbocycles. The first-order chi connectivity index (χ1) is 22.0. The van der Waals surface area contributed by atoms with Crippen molar-refractivity contribution in [2.45, 2.75) is 49.3 Å². The molecule has 0 radical (unpaired) electrons. The van der Waals surface area contributed by atoms with Gasteiger partial charge in [0.2, 0.25) is 0 Å². The third-order valence-corrected chi connectivity index (χ3v) is 9.63. The Kier molecular flexibility index (Phi) is 6.64. The number of hydrogen-bond donors (Lipinski definition) is 0. The highest BCUT2D eigenvalue weighted by Gasteiger charge is 2.17. The van der Waals surface area contributed by atoms with Gasteiger partial charge in [0.15, 0.2) is 0 Å². The van der Waals surface area contributed by atoms with Gasteiger partial charge in [0.05, 0.1) is 34.5 Å². The first kappa shape index (κ1) is 27.5. The first-order valence-corrected chi connectivity index (χ1v) is 16.1. The lowest BCUT2D eigenvalue weighted by Crippen LogP contribution is -2.00. The van der Waals surface area contributed by atoms with Gasteiger partial charge in [-0.3, -0.25) is 19.1 Å². The molecular formula is C38H32N6S. The highest BCUT2D eigenvalue weighted by molar-refractivity contribution is 7.99. The largest absolute Gasteiger partial charge is 0.292 e. The van der Waals surface area contributed by atoms with Gasteiger partial charge < -0.3 is 0 Å². The molecule has 0 spiro atoms. The molecule has 0 saturated heterocycles. The van der Waals surface area contributed by atoms with E-state index in [1.54, 1.807) is 11.8 Å². The molecule has 0 aliphatic rings. The molecule has 0 unspecified atom stereocenters. The summed E-state index contributed by atoms with van der Waals surface area (Å²) in [5.41, 5.74) is 6.87. The van der Waals surface area contributed by atoms with Crippen LogP contribution in [0.3, 0.4) is 0 Å². The Hall–Kier alpha value is -5.01. The van der Waals surface area contributed by atoms with E-state index in [1.165, 1.54) is 32.7 Å². The Labute approximate surface area is 265 Å². The molecule has 0 N–H and O–H groups in total. The summed E-state index contributed by atoms with van der Waals surface area (Å²) < 4.78 is 4.49. The van der Waals surface area contributed by atoms with E-state index < -0.39 is 0 Å². The number of nitrogens with zero attached hydrogens (tertiary/aromatic N) is 6. The van der Waals surface area contributed by atoms with Crippen LogP contribution in [0, 0.1) is 0 Å². The van der Waals surface area contributed by atoms with E-state index in [1.807, 2.05) is 37.2 Å². The minimum absolute atomic E-state index is 0.411. The third kappa shape index (κ3) is 4.66. The minimum Gasteiger partial charge on any atom is -0.292 e. The number of aromatic nitrogens is 6. The van der Waals surface area contributed by atoms with E-state index in [-0.39, 0.29) is 0 Å². The van der Waals surface area contributed by atoms with E-state index in [0.717, 1.165) is 43.5 Å². The van der Waals surface area contributed by atoms with Gasteiger partial charge in [-0.05, 0) is 83.6 Å². The van der Waals surface area contributed by atoms with Crippen molar-refractivity contribution in [3.8, 4) is 11.6 Å². The standard InChI is InChI=1S/C38H32N6S/c1-23(2)25-9-15-41-37(17-25)43-33-19-27(5-7-29(33)31-11-13-39-21-35(31)43)45-28-6-8-30-32-12-14-40-22-36(32)44(34(30)20-28)38-18-26(24(3)4)10-16-42-38/h5-24H,1-4H3. The molecule has 45 heavy (non-hydrogen) atoms. The van der Waals surface area contributed by atoms with Gasteiger partial charge >= 0.3 is 0 Å². The zero-order valence-electron chi connectivity index (χ0n) is 25.6. The Morgan fingerprint density at radius 3 is 1.38 bits per heavy atom. The topological polar surface area (TPSA) is 61.4 Å². The van der Waals surface area contributed by atoms with Crippen molar-refractivity contribution in [3.63, 3.8) is 0 Å². The van der Waals surface area contributed by atoms with Crippen molar-refractivity contribution in [3.05, 3.63) is 121 Å². The number of rotatable bonds is 6. The fourth-order valence-corrected chi connectivity index (χ4v) is 7.17. The molecular weight excluding hydrogens is 573 g/mol. The monoisotopic (exact) mass is 604 g/mol. The zero-order valence-corrected chi connectivity index (χ0v) is 26.5. The Bertz CT molecular complexity index is 2220. The molecule has 0 fully saturated rings. The first-order valence-electron chi connectivity index (χ1n) is 15.3. The fourth-order valence-electron chi connectivity index (χ4n) is 6.28. The van der Waals surface area contributed by atoms with Crippen LogP contribution < -0.4 is 0 Å². The summed E-state index contributed by atoms with van der Waals surface area (Å²) in [6, 6.07) is 26.2. The van der Waals surface area contributed by atoms with Crippen molar-refractivity contribution in [2.24, 2.45) is 0 Å². The lowest BCUT2D eigenvalue weighted by Gasteiger charge is -2.12. The minimum atomic E-state index is 0.411. The second-order valence-corrected chi connectivity index (χ2v) is 13.3.